The SMILES string of the molecule is COc1ccc2c(c1)CCCC2NCc1cccc(Cl)c1. The van der Waals surface area contributed by atoms with Gasteiger partial charge in [0.1, 0.15) is 5.75 Å². The Morgan fingerprint density at radius 2 is 2.14 bits per heavy atom. The third kappa shape index (κ3) is 3.39. The second-order valence-corrected chi connectivity index (χ2v) is 5.96. The molecule has 0 saturated carbocycles. The predicted octanol–water partition coefficient (Wildman–Crippen LogP) is 4.52. The number of hydrogen-bond acceptors (Lipinski definition) is 2. The summed E-state index contributed by atoms with van der Waals surface area (Å²) in [6.45, 7) is 0.844. The van der Waals surface area contributed by atoms with Crippen LogP contribution in [0.1, 0.15) is 35.6 Å². The minimum Gasteiger partial charge on any atom is -0.497 e. The van der Waals surface area contributed by atoms with Gasteiger partial charge in [-0.25, -0.2) is 0 Å². The van der Waals surface area contributed by atoms with E-state index < -0.39 is 0 Å². The van der Waals surface area contributed by atoms with Crippen molar-refractivity contribution < 1.29 is 4.74 Å². The van der Waals surface area contributed by atoms with Crippen LogP contribution in [0.15, 0.2) is 42.5 Å². The Bertz CT molecular complexity index is 626. The van der Waals surface area contributed by atoms with E-state index in [0.717, 1.165) is 23.7 Å². The molecule has 1 unspecified atom stereocenters. The quantitative estimate of drug-likeness (QED) is 0.897. The molecule has 0 radical (unpaired) electrons. The zero-order valence-corrected chi connectivity index (χ0v) is 13.0. The van der Waals surface area contributed by atoms with Crippen LogP contribution >= 0.6 is 11.6 Å². The molecule has 1 N–H and O–H groups in total. The number of benzene rings is 2. The fourth-order valence-electron chi connectivity index (χ4n) is 3.02. The molecule has 0 spiro atoms. The number of methoxy groups -OCH3 is 1. The normalized spacial score (nSPS) is 17.3. The van der Waals surface area contributed by atoms with Crippen LogP contribution < -0.4 is 10.1 Å². The van der Waals surface area contributed by atoms with Crippen LogP contribution in [0.2, 0.25) is 5.02 Å². The van der Waals surface area contributed by atoms with Crippen LogP contribution in [0.3, 0.4) is 0 Å². The van der Waals surface area contributed by atoms with Crippen LogP contribution in [-0.4, -0.2) is 7.11 Å². The van der Waals surface area contributed by atoms with Crippen molar-refractivity contribution in [2.24, 2.45) is 0 Å². The van der Waals surface area contributed by atoms with Crippen LogP contribution in [0, 0.1) is 0 Å². The second kappa shape index (κ2) is 6.50. The van der Waals surface area contributed by atoms with E-state index in [1.165, 1.54) is 29.5 Å². The van der Waals surface area contributed by atoms with Gasteiger partial charge in [0.15, 0.2) is 0 Å². The zero-order chi connectivity index (χ0) is 14.7. The monoisotopic (exact) mass is 301 g/mol. The highest BCUT2D eigenvalue weighted by Crippen LogP contribution is 2.32. The molecule has 0 amide bonds. The molecule has 0 aliphatic heterocycles. The molecule has 1 atom stereocenters. The summed E-state index contributed by atoms with van der Waals surface area (Å²) < 4.78 is 5.32. The average molecular weight is 302 g/mol. The van der Waals surface area contributed by atoms with Crippen molar-refractivity contribution in [1.82, 2.24) is 5.32 Å². The zero-order valence-electron chi connectivity index (χ0n) is 12.2. The molecule has 3 rings (SSSR count). The van der Waals surface area contributed by atoms with Crippen molar-refractivity contribution >= 4 is 11.6 Å². The lowest BCUT2D eigenvalue weighted by Gasteiger charge is -2.27. The molecule has 0 aromatic heterocycles. The van der Waals surface area contributed by atoms with Crippen molar-refractivity contribution in [3.63, 3.8) is 0 Å². The van der Waals surface area contributed by atoms with Gasteiger partial charge < -0.3 is 10.1 Å². The topological polar surface area (TPSA) is 21.3 Å². The summed E-state index contributed by atoms with van der Waals surface area (Å²) in [7, 11) is 1.72. The largest absolute Gasteiger partial charge is 0.497 e. The lowest BCUT2D eigenvalue weighted by Crippen LogP contribution is -2.24. The first-order chi connectivity index (χ1) is 10.3. The molecule has 1 aliphatic carbocycles. The molecule has 0 saturated heterocycles. The van der Waals surface area contributed by atoms with Gasteiger partial charge in [0, 0.05) is 17.6 Å². The first-order valence-electron chi connectivity index (χ1n) is 7.41. The molecule has 2 aromatic rings. The van der Waals surface area contributed by atoms with Crippen molar-refractivity contribution in [2.75, 3.05) is 7.11 Å². The molecule has 2 nitrogen and oxygen atoms in total. The number of rotatable bonds is 4. The number of ether oxygens (including phenoxy) is 1. The summed E-state index contributed by atoms with van der Waals surface area (Å²) in [5.74, 6) is 0.948. The van der Waals surface area contributed by atoms with E-state index in [1.807, 2.05) is 18.2 Å². The standard InChI is InChI=1S/C18H20ClNO/c1-21-16-8-9-17-14(11-16)5-3-7-18(17)20-12-13-4-2-6-15(19)10-13/h2,4,6,8-11,18,20H,3,5,7,12H2,1H3. The van der Waals surface area contributed by atoms with Crippen LogP contribution in [0.4, 0.5) is 0 Å². The van der Waals surface area contributed by atoms with Crippen molar-refractivity contribution in [3.8, 4) is 5.75 Å². The highest BCUT2D eigenvalue weighted by atomic mass is 35.5. The minimum absolute atomic E-state index is 0.415. The van der Waals surface area contributed by atoms with E-state index in [1.54, 1.807) is 7.11 Å². The summed E-state index contributed by atoms with van der Waals surface area (Å²) in [6, 6.07) is 14.9. The van der Waals surface area contributed by atoms with E-state index in [2.05, 4.69) is 29.6 Å². The molecule has 0 heterocycles. The Labute approximate surface area is 131 Å². The number of nitrogens with one attached hydrogen (secondary N) is 1. The number of hydrogen-bond donors (Lipinski definition) is 1. The third-order valence-corrected chi connectivity index (χ3v) is 4.34. The van der Waals surface area contributed by atoms with Gasteiger partial charge in [-0.1, -0.05) is 29.8 Å². The van der Waals surface area contributed by atoms with Crippen molar-refractivity contribution in [1.29, 1.82) is 0 Å². The molecule has 3 heteroatoms. The maximum absolute atomic E-state index is 6.04. The fourth-order valence-corrected chi connectivity index (χ4v) is 3.23. The lowest BCUT2D eigenvalue weighted by molar-refractivity contribution is 0.410. The average Bonchev–Trinajstić information content (AvgIpc) is 2.52. The molecular formula is C18H20ClNO. The lowest BCUT2D eigenvalue weighted by atomic mass is 9.87. The van der Waals surface area contributed by atoms with Gasteiger partial charge in [-0.2, -0.15) is 0 Å². The third-order valence-electron chi connectivity index (χ3n) is 4.11. The van der Waals surface area contributed by atoms with Gasteiger partial charge in [-0.05, 0) is 60.2 Å². The summed E-state index contributed by atoms with van der Waals surface area (Å²) in [5, 5.41) is 4.45. The van der Waals surface area contributed by atoms with E-state index in [4.69, 9.17) is 16.3 Å². The number of aryl methyl sites for hydroxylation is 1. The van der Waals surface area contributed by atoms with E-state index in [-0.39, 0.29) is 0 Å². The Kier molecular flexibility index (Phi) is 4.47. The smallest absolute Gasteiger partial charge is 0.119 e. The maximum Gasteiger partial charge on any atom is 0.119 e. The van der Waals surface area contributed by atoms with Gasteiger partial charge in [-0.15, -0.1) is 0 Å². The highest BCUT2D eigenvalue weighted by Gasteiger charge is 2.20. The molecule has 110 valence electrons. The van der Waals surface area contributed by atoms with Gasteiger partial charge in [0.2, 0.25) is 0 Å². The van der Waals surface area contributed by atoms with Crippen LogP contribution in [0.5, 0.6) is 5.75 Å². The number of halogens is 1. The van der Waals surface area contributed by atoms with Gasteiger partial charge in [-0.3, -0.25) is 0 Å². The molecule has 0 bridgehead atoms. The van der Waals surface area contributed by atoms with E-state index in [0.29, 0.717) is 6.04 Å². The van der Waals surface area contributed by atoms with Crippen LogP contribution in [0.25, 0.3) is 0 Å². The summed E-state index contributed by atoms with van der Waals surface area (Å²) >= 11 is 6.04. The Hall–Kier alpha value is -1.51. The maximum atomic E-state index is 6.04. The van der Waals surface area contributed by atoms with Gasteiger partial charge in [0.25, 0.3) is 0 Å². The van der Waals surface area contributed by atoms with E-state index >= 15 is 0 Å². The minimum atomic E-state index is 0.415. The molecule has 21 heavy (non-hydrogen) atoms. The predicted molar refractivity (Wildman–Crippen MR) is 87.0 cm³/mol. The molecule has 0 fully saturated rings. The van der Waals surface area contributed by atoms with Crippen molar-refractivity contribution in [3.05, 3.63) is 64.2 Å². The molecular weight excluding hydrogens is 282 g/mol. The summed E-state index contributed by atoms with van der Waals surface area (Å²) in [5.41, 5.74) is 4.04. The fraction of sp³-hybridized carbons (Fsp3) is 0.333. The summed E-state index contributed by atoms with van der Waals surface area (Å²) in [4.78, 5) is 0. The first-order valence-corrected chi connectivity index (χ1v) is 7.78. The van der Waals surface area contributed by atoms with Crippen molar-refractivity contribution in [2.45, 2.75) is 31.8 Å². The first kappa shape index (κ1) is 14.4. The van der Waals surface area contributed by atoms with Gasteiger partial charge >= 0.3 is 0 Å². The van der Waals surface area contributed by atoms with E-state index in [9.17, 15) is 0 Å². The molecule has 1 aliphatic rings. The van der Waals surface area contributed by atoms with Crippen LogP contribution in [-0.2, 0) is 13.0 Å². The Morgan fingerprint density at radius 1 is 1.24 bits per heavy atom. The summed E-state index contributed by atoms with van der Waals surface area (Å²) in [6.07, 6.45) is 3.54. The second-order valence-electron chi connectivity index (χ2n) is 5.52. The molecule has 2 aromatic carbocycles. The Morgan fingerprint density at radius 3 is 2.95 bits per heavy atom. The highest BCUT2D eigenvalue weighted by molar-refractivity contribution is 6.30. The van der Waals surface area contributed by atoms with Gasteiger partial charge in [0.05, 0.1) is 7.11 Å². The Balaban J connectivity index is 1.73. The number of fused-ring (bicyclic) bond motifs is 1.